The molecule has 1 amide bonds. The molecule has 0 saturated carbocycles. The Morgan fingerprint density at radius 2 is 2.17 bits per heavy atom. The molecule has 2 rings (SSSR count). The first-order valence-electron chi connectivity index (χ1n) is 5.87. The first-order chi connectivity index (χ1) is 8.59. The Labute approximate surface area is 123 Å². The Morgan fingerprint density at radius 1 is 1.39 bits per heavy atom. The van der Waals surface area contributed by atoms with Crippen LogP contribution in [0.2, 0.25) is 0 Å². The molecule has 98 valence electrons. The van der Waals surface area contributed by atoms with Gasteiger partial charge >= 0.3 is 5.97 Å². The molecule has 0 aliphatic carbocycles. The summed E-state index contributed by atoms with van der Waals surface area (Å²) in [4.78, 5) is 25.1. The number of rotatable bonds is 2. The van der Waals surface area contributed by atoms with Crippen LogP contribution in [0.25, 0.3) is 0 Å². The van der Waals surface area contributed by atoms with Gasteiger partial charge in [-0.3, -0.25) is 4.79 Å². The Hall–Kier alpha value is -0.630. The third-order valence-corrected chi connectivity index (χ3v) is 4.90. The molecule has 6 heteroatoms. The predicted octanol–water partition coefficient (Wildman–Crippen LogP) is 2.82. The lowest BCUT2D eigenvalue weighted by molar-refractivity contribution is -0.142. The first kappa shape index (κ1) is 13.8. The van der Waals surface area contributed by atoms with Crippen molar-refractivity contribution in [2.75, 3.05) is 6.54 Å². The summed E-state index contributed by atoms with van der Waals surface area (Å²) in [5, 5.41) is 11.0. The SMILES string of the molecule is O=C(O)C1CCCCCN1C(=O)c1csc(I)c1. The third kappa shape index (κ3) is 3.03. The van der Waals surface area contributed by atoms with E-state index in [4.69, 9.17) is 0 Å². The molecule has 1 aromatic rings. The Kier molecular flexibility index (Phi) is 4.60. The molecule has 0 radical (unpaired) electrons. The van der Waals surface area contributed by atoms with Crippen LogP contribution >= 0.6 is 33.9 Å². The Morgan fingerprint density at radius 3 is 2.78 bits per heavy atom. The average molecular weight is 379 g/mol. The van der Waals surface area contributed by atoms with Gasteiger partial charge in [-0.2, -0.15) is 0 Å². The molecule has 4 nitrogen and oxygen atoms in total. The zero-order valence-corrected chi connectivity index (χ0v) is 12.7. The van der Waals surface area contributed by atoms with Crippen LogP contribution in [0.1, 0.15) is 36.0 Å². The maximum Gasteiger partial charge on any atom is 0.326 e. The van der Waals surface area contributed by atoms with Gasteiger partial charge in [0, 0.05) is 11.9 Å². The Balaban J connectivity index is 2.22. The number of aliphatic carboxylic acids is 1. The normalized spacial score (nSPS) is 20.5. The second-order valence-electron chi connectivity index (χ2n) is 4.34. The van der Waals surface area contributed by atoms with Gasteiger partial charge in [0.2, 0.25) is 0 Å². The van der Waals surface area contributed by atoms with Gasteiger partial charge in [-0.05, 0) is 41.5 Å². The molecular formula is C12H14INO3S. The number of carboxylic acids is 1. The summed E-state index contributed by atoms with van der Waals surface area (Å²) in [6, 6.07) is 1.15. The van der Waals surface area contributed by atoms with Crippen molar-refractivity contribution in [3.05, 3.63) is 19.9 Å². The quantitative estimate of drug-likeness (QED) is 0.805. The van der Waals surface area contributed by atoms with Crippen LogP contribution in [-0.4, -0.2) is 34.5 Å². The van der Waals surface area contributed by atoms with E-state index in [1.807, 2.05) is 6.07 Å². The lowest BCUT2D eigenvalue weighted by Gasteiger charge is -2.26. The molecule has 1 aliphatic heterocycles. The van der Waals surface area contributed by atoms with Crippen LogP contribution in [0.4, 0.5) is 0 Å². The molecule has 1 N–H and O–H groups in total. The summed E-state index contributed by atoms with van der Waals surface area (Å²) < 4.78 is 1.04. The summed E-state index contributed by atoms with van der Waals surface area (Å²) in [7, 11) is 0. The molecule has 2 heterocycles. The van der Waals surface area contributed by atoms with E-state index in [0.717, 1.165) is 22.1 Å². The number of carboxylic acid groups (broad SMARTS) is 1. The predicted molar refractivity (Wildman–Crippen MR) is 78.0 cm³/mol. The number of carbonyl (C=O) groups is 2. The van der Waals surface area contributed by atoms with E-state index < -0.39 is 12.0 Å². The fourth-order valence-electron chi connectivity index (χ4n) is 2.20. The molecule has 1 atom stereocenters. The van der Waals surface area contributed by atoms with Gasteiger partial charge in [0.1, 0.15) is 6.04 Å². The smallest absolute Gasteiger partial charge is 0.326 e. The fourth-order valence-corrected chi connectivity index (χ4v) is 3.52. The van der Waals surface area contributed by atoms with Gasteiger partial charge < -0.3 is 10.0 Å². The van der Waals surface area contributed by atoms with E-state index in [2.05, 4.69) is 22.6 Å². The minimum atomic E-state index is -0.893. The topological polar surface area (TPSA) is 57.6 Å². The van der Waals surface area contributed by atoms with E-state index in [9.17, 15) is 14.7 Å². The maximum absolute atomic E-state index is 12.3. The van der Waals surface area contributed by atoms with Gasteiger partial charge in [-0.15, -0.1) is 11.3 Å². The largest absolute Gasteiger partial charge is 0.480 e. The second-order valence-corrected chi connectivity index (χ2v) is 7.15. The van der Waals surface area contributed by atoms with Crippen LogP contribution in [0, 0.1) is 2.88 Å². The molecule has 0 spiro atoms. The highest BCUT2D eigenvalue weighted by molar-refractivity contribution is 14.1. The minimum absolute atomic E-state index is 0.150. The van der Waals surface area contributed by atoms with E-state index in [1.54, 1.807) is 5.38 Å². The van der Waals surface area contributed by atoms with E-state index >= 15 is 0 Å². The average Bonchev–Trinajstić information content (AvgIpc) is 2.63. The zero-order chi connectivity index (χ0) is 13.1. The molecular weight excluding hydrogens is 365 g/mol. The van der Waals surface area contributed by atoms with Crippen molar-refractivity contribution < 1.29 is 14.7 Å². The van der Waals surface area contributed by atoms with Crippen molar-refractivity contribution >= 4 is 45.8 Å². The zero-order valence-electron chi connectivity index (χ0n) is 9.76. The summed E-state index contributed by atoms with van der Waals surface area (Å²) >= 11 is 3.67. The summed E-state index contributed by atoms with van der Waals surface area (Å²) in [6.07, 6.45) is 3.32. The fraction of sp³-hybridized carbons (Fsp3) is 0.500. The van der Waals surface area contributed by atoms with Gasteiger partial charge in [0.25, 0.3) is 5.91 Å². The number of nitrogens with zero attached hydrogens (tertiary/aromatic N) is 1. The minimum Gasteiger partial charge on any atom is -0.480 e. The van der Waals surface area contributed by atoms with Crippen molar-refractivity contribution in [3.63, 3.8) is 0 Å². The number of halogens is 1. The van der Waals surface area contributed by atoms with Crippen molar-refractivity contribution in [3.8, 4) is 0 Å². The summed E-state index contributed by atoms with van der Waals surface area (Å²) in [5.41, 5.74) is 0.609. The number of thiophene rings is 1. The van der Waals surface area contributed by atoms with E-state index in [1.165, 1.54) is 16.2 Å². The Bertz CT molecular complexity index is 460. The molecule has 1 saturated heterocycles. The molecule has 18 heavy (non-hydrogen) atoms. The van der Waals surface area contributed by atoms with E-state index in [0.29, 0.717) is 18.5 Å². The first-order valence-corrected chi connectivity index (χ1v) is 7.83. The lowest BCUT2D eigenvalue weighted by Crippen LogP contribution is -2.44. The second kappa shape index (κ2) is 6.01. The summed E-state index contributed by atoms with van der Waals surface area (Å²) in [5.74, 6) is -1.04. The number of likely N-dealkylation sites (tertiary alicyclic amines) is 1. The maximum atomic E-state index is 12.3. The lowest BCUT2D eigenvalue weighted by atomic mass is 10.1. The molecule has 1 fully saturated rings. The molecule has 0 bridgehead atoms. The van der Waals surface area contributed by atoms with Gasteiger partial charge in [0.15, 0.2) is 0 Å². The molecule has 1 aromatic heterocycles. The number of hydrogen-bond acceptors (Lipinski definition) is 3. The number of hydrogen-bond donors (Lipinski definition) is 1. The third-order valence-electron chi connectivity index (χ3n) is 3.11. The molecule has 1 aliphatic rings. The van der Waals surface area contributed by atoms with Crippen molar-refractivity contribution in [1.82, 2.24) is 4.90 Å². The van der Waals surface area contributed by atoms with E-state index in [-0.39, 0.29) is 5.91 Å². The van der Waals surface area contributed by atoms with Crippen molar-refractivity contribution in [2.24, 2.45) is 0 Å². The number of amides is 1. The van der Waals surface area contributed by atoms with Crippen molar-refractivity contribution in [2.45, 2.75) is 31.7 Å². The molecule has 0 aromatic carbocycles. The standard InChI is InChI=1S/C12H14INO3S/c13-10-6-8(7-18-10)11(15)14-5-3-1-2-4-9(14)12(16)17/h6-7,9H,1-5H2,(H,16,17). The van der Waals surface area contributed by atoms with Crippen LogP contribution in [-0.2, 0) is 4.79 Å². The monoisotopic (exact) mass is 379 g/mol. The highest BCUT2D eigenvalue weighted by Gasteiger charge is 2.31. The number of carbonyl (C=O) groups excluding carboxylic acids is 1. The van der Waals surface area contributed by atoms with Crippen LogP contribution < -0.4 is 0 Å². The summed E-state index contributed by atoms with van der Waals surface area (Å²) in [6.45, 7) is 0.544. The van der Waals surface area contributed by atoms with Crippen LogP contribution in [0.15, 0.2) is 11.4 Å². The highest BCUT2D eigenvalue weighted by Crippen LogP contribution is 2.23. The van der Waals surface area contributed by atoms with Crippen LogP contribution in [0.3, 0.4) is 0 Å². The van der Waals surface area contributed by atoms with Crippen molar-refractivity contribution in [1.29, 1.82) is 0 Å². The van der Waals surface area contributed by atoms with Gasteiger partial charge in [0.05, 0.1) is 8.45 Å². The van der Waals surface area contributed by atoms with Crippen LogP contribution in [0.5, 0.6) is 0 Å². The molecule has 1 unspecified atom stereocenters. The van der Waals surface area contributed by atoms with Gasteiger partial charge in [-0.25, -0.2) is 4.79 Å². The highest BCUT2D eigenvalue weighted by atomic mass is 127. The van der Waals surface area contributed by atoms with Gasteiger partial charge in [-0.1, -0.05) is 12.8 Å².